The second kappa shape index (κ2) is 6.05. The second-order valence-corrected chi connectivity index (χ2v) is 5.78. The van der Waals surface area contributed by atoms with Crippen molar-refractivity contribution in [1.82, 2.24) is 0 Å². The number of benzene rings is 2. The van der Waals surface area contributed by atoms with Crippen LogP contribution in [0.5, 0.6) is 5.75 Å². The molecular formula is C18H15FO5. The van der Waals surface area contributed by atoms with Crippen molar-refractivity contribution in [2.24, 2.45) is 0 Å². The number of hydrogen-bond donors (Lipinski definition) is 2. The van der Waals surface area contributed by atoms with E-state index in [1.165, 1.54) is 6.07 Å². The molecule has 24 heavy (non-hydrogen) atoms. The number of Topliss-reactive ketones (excluding diaryl/α,β-unsaturated/α-hetero) is 1. The van der Waals surface area contributed by atoms with Gasteiger partial charge in [0.05, 0.1) is 6.42 Å². The molecule has 0 saturated heterocycles. The van der Waals surface area contributed by atoms with Gasteiger partial charge in [-0.2, -0.15) is 0 Å². The number of hydrogen-bond acceptors (Lipinski definition) is 4. The molecule has 124 valence electrons. The lowest BCUT2D eigenvalue weighted by Gasteiger charge is -2.37. The van der Waals surface area contributed by atoms with E-state index in [2.05, 4.69) is 0 Å². The standard InChI is InChI=1S/C18H15FO5/c19-12-6-7-14-13(8-12)18(23,10-16(20)21)9-15(24-14)17(22)11-4-2-1-3-5-11/h1-8,15,23H,9-10H2,(H,20,21)/t15-,18+/m0/s1. The summed E-state index contributed by atoms with van der Waals surface area (Å²) in [6.07, 6.45) is -1.95. The van der Waals surface area contributed by atoms with Gasteiger partial charge in [0.25, 0.3) is 0 Å². The Balaban J connectivity index is 2.00. The number of ether oxygens (including phenoxy) is 1. The van der Waals surface area contributed by atoms with E-state index in [1.807, 2.05) is 0 Å². The van der Waals surface area contributed by atoms with Crippen molar-refractivity contribution < 1.29 is 28.9 Å². The zero-order valence-electron chi connectivity index (χ0n) is 12.6. The van der Waals surface area contributed by atoms with Gasteiger partial charge in [0.1, 0.15) is 17.2 Å². The summed E-state index contributed by atoms with van der Waals surface area (Å²) in [5.74, 6) is -2.12. The van der Waals surface area contributed by atoms with E-state index in [-0.39, 0.29) is 23.5 Å². The molecule has 2 atom stereocenters. The van der Waals surface area contributed by atoms with Crippen LogP contribution in [0.25, 0.3) is 0 Å². The van der Waals surface area contributed by atoms with Crippen molar-refractivity contribution in [3.63, 3.8) is 0 Å². The van der Waals surface area contributed by atoms with E-state index < -0.39 is 29.9 Å². The molecule has 6 heteroatoms. The van der Waals surface area contributed by atoms with Crippen molar-refractivity contribution >= 4 is 11.8 Å². The quantitative estimate of drug-likeness (QED) is 0.842. The fraction of sp³-hybridized carbons (Fsp3) is 0.222. The third-order valence-corrected chi connectivity index (χ3v) is 4.03. The first kappa shape index (κ1) is 16.1. The van der Waals surface area contributed by atoms with Crippen LogP contribution in [0.15, 0.2) is 48.5 Å². The Morgan fingerprint density at radius 2 is 1.92 bits per heavy atom. The molecule has 1 aliphatic rings. The number of aliphatic hydroxyl groups is 1. The van der Waals surface area contributed by atoms with Gasteiger partial charge in [-0.3, -0.25) is 9.59 Å². The summed E-state index contributed by atoms with van der Waals surface area (Å²) in [6, 6.07) is 11.9. The molecule has 5 nitrogen and oxygen atoms in total. The SMILES string of the molecule is O=C(O)C[C@]1(O)C[C@@H](C(=O)c2ccccc2)Oc2ccc(F)cc21. The Hall–Kier alpha value is -2.73. The predicted octanol–water partition coefficient (Wildman–Crippen LogP) is 2.52. The predicted molar refractivity (Wildman–Crippen MR) is 82.4 cm³/mol. The number of fused-ring (bicyclic) bond motifs is 1. The number of halogens is 1. The third-order valence-electron chi connectivity index (χ3n) is 4.03. The van der Waals surface area contributed by atoms with Gasteiger partial charge in [0.2, 0.25) is 5.78 Å². The minimum atomic E-state index is -1.88. The molecule has 0 aromatic heterocycles. The number of rotatable bonds is 4. The summed E-state index contributed by atoms with van der Waals surface area (Å²) in [4.78, 5) is 23.7. The lowest BCUT2D eigenvalue weighted by atomic mass is 9.81. The first-order valence-electron chi connectivity index (χ1n) is 7.39. The first-order chi connectivity index (χ1) is 11.4. The number of carboxylic acids is 1. The van der Waals surface area contributed by atoms with Crippen LogP contribution >= 0.6 is 0 Å². The minimum Gasteiger partial charge on any atom is -0.482 e. The van der Waals surface area contributed by atoms with Crippen LogP contribution < -0.4 is 4.74 Å². The van der Waals surface area contributed by atoms with E-state index >= 15 is 0 Å². The highest BCUT2D eigenvalue weighted by Gasteiger charge is 2.44. The smallest absolute Gasteiger partial charge is 0.306 e. The zero-order valence-corrected chi connectivity index (χ0v) is 12.6. The topological polar surface area (TPSA) is 83.8 Å². The number of carboxylic acid groups (broad SMARTS) is 1. The number of carbonyl (C=O) groups excluding carboxylic acids is 1. The average Bonchev–Trinajstić information content (AvgIpc) is 2.54. The molecule has 0 radical (unpaired) electrons. The number of carbonyl (C=O) groups is 2. The van der Waals surface area contributed by atoms with Gasteiger partial charge >= 0.3 is 5.97 Å². The summed E-state index contributed by atoms with van der Waals surface area (Å²) in [7, 11) is 0. The molecule has 1 heterocycles. The molecular weight excluding hydrogens is 315 g/mol. The monoisotopic (exact) mass is 330 g/mol. The maximum absolute atomic E-state index is 13.5. The Morgan fingerprint density at radius 1 is 1.21 bits per heavy atom. The Labute approximate surface area is 137 Å². The molecule has 2 N–H and O–H groups in total. The lowest BCUT2D eigenvalue weighted by Crippen LogP contribution is -2.43. The Bertz CT molecular complexity index is 789. The van der Waals surface area contributed by atoms with Crippen molar-refractivity contribution in [3.8, 4) is 5.75 Å². The van der Waals surface area contributed by atoms with Crippen LogP contribution in [0.3, 0.4) is 0 Å². The lowest BCUT2D eigenvalue weighted by molar-refractivity contribution is -0.144. The molecule has 3 rings (SSSR count). The van der Waals surface area contributed by atoms with Crippen molar-refractivity contribution in [2.75, 3.05) is 0 Å². The summed E-state index contributed by atoms with van der Waals surface area (Å²) in [5, 5.41) is 19.9. The number of ketones is 1. The third kappa shape index (κ3) is 3.00. The fourth-order valence-corrected chi connectivity index (χ4v) is 2.93. The van der Waals surface area contributed by atoms with E-state index in [0.717, 1.165) is 12.1 Å². The molecule has 0 amide bonds. The van der Waals surface area contributed by atoms with Gasteiger partial charge in [-0.05, 0) is 18.2 Å². The van der Waals surface area contributed by atoms with E-state index in [1.54, 1.807) is 30.3 Å². The van der Waals surface area contributed by atoms with Crippen molar-refractivity contribution in [3.05, 3.63) is 65.5 Å². The minimum absolute atomic E-state index is 0.0435. The maximum atomic E-state index is 13.5. The molecule has 0 bridgehead atoms. The molecule has 2 aromatic rings. The molecule has 0 spiro atoms. The average molecular weight is 330 g/mol. The van der Waals surface area contributed by atoms with Crippen LogP contribution in [0.4, 0.5) is 4.39 Å². The highest BCUT2D eigenvalue weighted by molar-refractivity contribution is 6.00. The Morgan fingerprint density at radius 3 is 2.58 bits per heavy atom. The normalized spacial score (nSPS) is 22.3. The van der Waals surface area contributed by atoms with Crippen molar-refractivity contribution in [2.45, 2.75) is 24.5 Å². The molecule has 0 unspecified atom stereocenters. The fourth-order valence-electron chi connectivity index (χ4n) is 2.93. The van der Waals surface area contributed by atoms with Gasteiger partial charge < -0.3 is 14.9 Å². The summed E-state index contributed by atoms with van der Waals surface area (Å²) in [5.41, 5.74) is -1.44. The van der Waals surface area contributed by atoms with Gasteiger partial charge in [-0.25, -0.2) is 4.39 Å². The largest absolute Gasteiger partial charge is 0.482 e. The molecule has 0 fully saturated rings. The van der Waals surface area contributed by atoms with Crippen LogP contribution in [-0.2, 0) is 10.4 Å². The summed E-state index contributed by atoms with van der Waals surface area (Å²) >= 11 is 0. The summed E-state index contributed by atoms with van der Waals surface area (Å²) in [6.45, 7) is 0. The summed E-state index contributed by atoms with van der Waals surface area (Å²) < 4.78 is 19.1. The molecule has 0 aliphatic carbocycles. The van der Waals surface area contributed by atoms with Gasteiger partial charge in [-0.15, -0.1) is 0 Å². The van der Waals surface area contributed by atoms with Crippen LogP contribution in [0.2, 0.25) is 0 Å². The van der Waals surface area contributed by atoms with Gasteiger partial charge in [0, 0.05) is 17.5 Å². The molecule has 1 aliphatic heterocycles. The molecule has 2 aromatic carbocycles. The second-order valence-electron chi connectivity index (χ2n) is 5.78. The maximum Gasteiger partial charge on any atom is 0.306 e. The van der Waals surface area contributed by atoms with Crippen LogP contribution in [0.1, 0.15) is 28.8 Å². The van der Waals surface area contributed by atoms with Crippen LogP contribution in [-0.4, -0.2) is 28.1 Å². The molecule has 0 saturated carbocycles. The van der Waals surface area contributed by atoms with E-state index in [9.17, 15) is 19.1 Å². The van der Waals surface area contributed by atoms with Crippen LogP contribution in [0, 0.1) is 5.82 Å². The Kier molecular flexibility index (Phi) is 4.07. The van der Waals surface area contributed by atoms with E-state index in [0.29, 0.717) is 5.56 Å². The highest BCUT2D eigenvalue weighted by atomic mass is 19.1. The highest BCUT2D eigenvalue weighted by Crippen LogP contribution is 2.42. The zero-order chi connectivity index (χ0) is 17.3. The van der Waals surface area contributed by atoms with Gasteiger partial charge in [0.15, 0.2) is 6.10 Å². The van der Waals surface area contributed by atoms with Gasteiger partial charge in [-0.1, -0.05) is 30.3 Å². The van der Waals surface area contributed by atoms with E-state index in [4.69, 9.17) is 9.84 Å². The first-order valence-corrected chi connectivity index (χ1v) is 7.39. The number of aliphatic carboxylic acids is 1. The van der Waals surface area contributed by atoms with Crippen molar-refractivity contribution in [1.29, 1.82) is 0 Å².